The van der Waals surface area contributed by atoms with Crippen LogP contribution in [0.4, 0.5) is 0 Å². The molecule has 1 aromatic heterocycles. The quantitative estimate of drug-likeness (QED) is 0.824. The third-order valence-corrected chi connectivity index (χ3v) is 5.51. The number of benzene rings is 1. The van der Waals surface area contributed by atoms with Crippen LogP contribution in [0.2, 0.25) is 0 Å². The van der Waals surface area contributed by atoms with Crippen LogP contribution in [-0.4, -0.2) is 48.9 Å². The van der Waals surface area contributed by atoms with Crippen LogP contribution in [0.15, 0.2) is 41.6 Å². The Bertz CT molecular complexity index is 907. The molecule has 0 spiro atoms. The van der Waals surface area contributed by atoms with Gasteiger partial charge in [-0.05, 0) is 49.9 Å². The highest BCUT2D eigenvalue weighted by atomic mass is 32.2. The molecule has 0 unspecified atom stereocenters. The van der Waals surface area contributed by atoms with Gasteiger partial charge >= 0.3 is 0 Å². The highest BCUT2D eigenvalue weighted by Crippen LogP contribution is 2.21. The Morgan fingerprint density at radius 1 is 1.22 bits per heavy atom. The largest absolute Gasteiger partial charge is 0.477 e. The number of nitrogens with two attached hydrogens (primary N) is 1. The first kappa shape index (κ1) is 19.2. The monoisotopic (exact) mass is 390 g/mol. The fraction of sp³-hybridized carbons (Fsp3) is 0.389. The molecule has 3 rings (SSSR count). The molecule has 2 heterocycles. The number of hydrogen-bond acceptors (Lipinski definition) is 6. The van der Waals surface area contributed by atoms with Crippen molar-refractivity contribution in [2.45, 2.75) is 24.7 Å². The summed E-state index contributed by atoms with van der Waals surface area (Å²) in [6, 6.07) is 7.49. The van der Waals surface area contributed by atoms with Crippen molar-refractivity contribution in [1.82, 2.24) is 14.9 Å². The van der Waals surface area contributed by atoms with Crippen LogP contribution in [0, 0.1) is 12.8 Å². The lowest BCUT2D eigenvalue weighted by atomic mass is 9.97. The van der Waals surface area contributed by atoms with E-state index in [1.54, 1.807) is 11.0 Å². The molecule has 27 heavy (non-hydrogen) atoms. The smallest absolute Gasteiger partial charge is 0.253 e. The van der Waals surface area contributed by atoms with Crippen LogP contribution < -0.4 is 9.88 Å². The molecule has 1 aliphatic rings. The summed E-state index contributed by atoms with van der Waals surface area (Å²) in [5.41, 5.74) is 1.31. The highest BCUT2D eigenvalue weighted by Gasteiger charge is 2.24. The van der Waals surface area contributed by atoms with Gasteiger partial charge in [-0.15, -0.1) is 0 Å². The summed E-state index contributed by atoms with van der Waals surface area (Å²) in [6.07, 6.45) is 3.16. The lowest BCUT2D eigenvalue weighted by Crippen LogP contribution is -2.39. The minimum Gasteiger partial charge on any atom is -0.477 e. The van der Waals surface area contributed by atoms with Gasteiger partial charge in [-0.3, -0.25) is 4.79 Å². The molecule has 1 amide bonds. The third kappa shape index (κ3) is 5.01. The topological polar surface area (TPSA) is 115 Å². The highest BCUT2D eigenvalue weighted by molar-refractivity contribution is 7.89. The molecule has 0 saturated carbocycles. The van der Waals surface area contributed by atoms with Gasteiger partial charge in [0.15, 0.2) is 0 Å². The molecule has 1 saturated heterocycles. The number of sulfonamides is 1. The van der Waals surface area contributed by atoms with E-state index in [9.17, 15) is 13.2 Å². The van der Waals surface area contributed by atoms with E-state index >= 15 is 0 Å². The maximum absolute atomic E-state index is 12.6. The van der Waals surface area contributed by atoms with E-state index in [1.807, 2.05) is 6.92 Å². The first-order valence-corrected chi connectivity index (χ1v) is 10.2. The summed E-state index contributed by atoms with van der Waals surface area (Å²) >= 11 is 0. The number of amides is 1. The second-order valence-electron chi connectivity index (χ2n) is 6.61. The van der Waals surface area contributed by atoms with Gasteiger partial charge in [-0.2, -0.15) is 0 Å². The van der Waals surface area contributed by atoms with Gasteiger partial charge in [-0.25, -0.2) is 23.5 Å². The Morgan fingerprint density at radius 3 is 2.48 bits per heavy atom. The van der Waals surface area contributed by atoms with Crippen molar-refractivity contribution in [2.24, 2.45) is 11.1 Å². The molecule has 0 atom stereocenters. The second-order valence-corrected chi connectivity index (χ2v) is 8.18. The van der Waals surface area contributed by atoms with Crippen LogP contribution in [0.5, 0.6) is 5.88 Å². The van der Waals surface area contributed by atoms with E-state index in [-0.39, 0.29) is 10.8 Å². The number of likely N-dealkylation sites (tertiary alicyclic amines) is 1. The minimum absolute atomic E-state index is 0.00475. The number of aryl methyl sites for hydroxylation is 1. The van der Waals surface area contributed by atoms with Crippen molar-refractivity contribution in [3.05, 3.63) is 47.9 Å². The number of piperidine rings is 1. The van der Waals surface area contributed by atoms with E-state index in [2.05, 4.69) is 9.97 Å². The molecule has 2 N–H and O–H groups in total. The van der Waals surface area contributed by atoms with Crippen molar-refractivity contribution in [3.8, 4) is 5.88 Å². The van der Waals surface area contributed by atoms with Crippen LogP contribution in [0.1, 0.15) is 28.9 Å². The zero-order valence-corrected chi connectivity index (χ0v) is 15.9. The minimum atomic E-state index is -3.76. The lowest BCUT2D eigenvalue weighted by Gasteiger charge is -2.31. The number of carbonyl (C=O) groups is 1. The molecule has 144 valence electrons. The maximum Gasteiger partial charge on any atom is 0.253 e. The predicted molar refractivity (Wildman–Crippen MR) is 98.7 cm³/mol. The van der Waals surface area contributed by atoms with Gasteiger partial charge in [0.05, 0.1) is 11.5 Å². The molecular weight excluding hydrogens is 368 g/mol. The Labute approximate surface area is 158 Å². The molecule has 0 radical (unpaired) electrons. The van der Waals surface area contributed by atoms with Crippen molar-refractivity contribution < 1.29 is 17.9 Å². The molecule has 1 fully saturated rings. The third-order valence-electron chi connectivity index (χ3n) is 4.58. The first-order valence-electron chi connectivity index (χ1n) is 8.66. The number of ether oxygens (including phenoxy) is 1. The van der Waals surface area contributed by atoms with E-state index in [1.165, 1.54) is 30.6 Å². The van der Waals surface area contributed by atoms with Gasteiger partial charge in [0, 0.05) is 30.4 Å². The van der Waals surface area contributed by atoms with E-state index in [4.69, 9.17) is 9.88 Å². The molecule has 1 aromatic carbocycles. The summed E-state index contributed by atoms with van der Waals surface area (Å²) in [6.45, 7) is 3.70. The first-order chi connectivity index (χ1) is 12.8. The van der Waals surface area contributed by atoms with Crippen LogP contribution >= 0.6 is 0 Å². The maximum atomic E-state index is 12.6. The molecule has 9 heteroatoms. The van der Waals surface area contributed by atoms with Gasteiger partial charge in [0.1, 0.15) is 6.33 Å². The second kappa shape index (κ2) is 8.01. The normalized spacial score (nSPS) is 15.6. The predicted octanol–water partition coefficient (Wildman–Crippen LogP) is 1.36. The van der Waals surface area contributed by atoms with Crippen molar-refractivity contribution in [1.29, 1.82) is 0 Å². The average Bonchev–Trinajstić information content (AvgIpc) is 2.66. The van der Waals surface area contributed by atoms with Gasteiger partial charge in [0.2, 0.25) is 15.9 Å². The Balaban J connectivity index is 1.52. The van der Waals surface area contributed by atoms with Crippen molar-refractivity contribution in [2.75, 3.05) is 19.7 Å². The van der Waals surface area contributed by atoms with E-state index in [0.29, 0.717) is 37.1 Å². The fourth-order valence-electron chi connectivity index (χ4n) is 2.98. The number of carbonyl (C=O) groups excluding carboxylic acids is 1. The fourth-order valence-corrected chi connectivity index (χ4v) is 3.50. The number of nitrogens with zero attached hydrogens (tertiary/aromatic N) is 3. The zero-order chi connectivity index (χ0) is 19.4. The van der Waals surface area contributed by atoms with Crippen LogP contribution in [-0.2, 0) is 10.0 Å². The number of primary sulfonamides is 1. The van der Waals surface area contributed by atoms with E-state index < -0.39 is 10.0 Å². The molecule has 2 aromatic rings. The number of hydrogen-bond donors (Lipinski definition) is 1. The van der Waals surface area contributed by atoms with Crippen molar-refractivity contribution >= 4 is 15.9 Å². The van der Waals surface area contributed by atoms with Crippen LogP contribution in [0.3, 0.4) is 0 Å². The average molecular weight is 390 g/mol. The molecule has 0 bridgehead atoms. The summed E-state index contributed by atoms with van der Waals surface area (Å²) in [7, 11) is -3.76. The van der Waals surface area contributed by atoms with Gasteiger partial charge in [-0.1, -0.05) is 0 Å². The van der Waals surface area contributed by atoms with Crippen molar-refractivity contribution in [3.63, 3.8) is 0 Å². The van der Waals surface area contributed by atoms with Crippen LogP contribution in [0.25, 0.3) is 0 Å². The lowest BCUT2D eigenvalue weighted by molar-refractivity contribution is 0.0659. The summed E-state index contributed by atoms with van der Waals surface area (Å²) in [5.74, 6) is 0.812. The van der Waals surface area contributed by atoms with E-state index in [0.717, 1.165) is 18.5 Å². The molecule has 8 nitrogen and oxygen atoms in total. The SMILES string of the molecule is Cc1cc(OCC2CCN(C(=O)c3ccc(S(N)(=O)=O)cc3)CC2)ncn1. The van der Waals surface area contributed by atoms with Gasteiger partial charge in [0.25, 0.3) is 5.91 Å². The Hall–Kier alpha value is -2.52. The Morgan fingerprint density at radius 2 is 1.89 bits per heavy atom. The summed E-state index contributed by atoms with van der Waals surface area (Å²) in [4.78, 5) is 22.5. The molecule has 1 aliphatic heterocycles. The molecular formula is C18H22N4O4S. The zero-order valence-electron chi connectivity index (χ0n) is 15.0. The number of rotatable bonds is 5. The number of aromatic nitrogens is 2. The van der Waals surface area contributed by atoms with Gasteiger partial charge < -0.3 is 9.64 Å². The standard InChI is InChI=1S/C18H22N4O4S/c1-13-10-17(21-12-20-13)26-11-14-6-8-22(9-7-14)18(23)15-2-4-16(5-3-15)27(19,24)25/h2-5,10,12,14H,6-9,11H2,1H3,(H2,19,24,25). The Kier molecular flexibility index (Phi) is 5.71. The molecule has 0 aliphatic carbocycles. The summed E-state index contributed by atoms with van der Waals surface area (Å²) in [5, 5.41) is 5.08. The summed E-state index contributed by atoms with van der Waals surface area (Å²) < 4.78 is 28.3.